The highest BCUT2D eigenvalue weighted by atomic mass is 19.1. The lowest BCUT2D eigenvalue weighted by Gasteiger charge is -2.09. The first-order valence-corrected chi connectivity index (χ1v) is 4.44. The highest BCUT2D eigenvalue weighted by molar-refractivity contribution is 5.02. The summed E-state index contributed by atoms with van der Waals surface area (Å²) in [4.78, 5) is 4.25. The first-order valence-electron chi connectivity index (χ1n) is 4.44. The van der Waals surface area contributed by atoms with Crippen LogP contribution < -0.4 is 0 Å². The van der Waals surface area contributed by atoms with Gasteiger partial charge in [-0.2, -0.15) is 0 Å². The summed E-state index contributed by atoms with van der Waals surface area (Å²) >= 11 is 0. The van der Waals surface area contributed by atoms with Gasteiger partial charge in [-0.05, 0) is 6.92 Å². The molecule has 0 bridgehead atoms. The molecule has 1 rings (SSSR count). The summed E-state index contributed by atoms with van der Waals surface area (Å²) in [6.45, 7) is 3.46. The topological polar surface area (TPSA) is 38.0 Å². The van der Waals surface area contributed by atoms with Gasteiger partial charge < -0.3 is 9.67 Å². The standard InChI is InChI=1S/C9H15FN2O/c1-3-9-11-7(2)5-12(9)6-8(13)4-10/h5,8,13H,3-4,6H2,1-2H3. The minimum Gasteiger partial charge on any atom is -0.389 e. The van der Waals surface area contributed by atoms with Crippen molar-refractivity contribution in [1.82, 2.24) is 9.55 Å². The van der Waals surface area contributed by atoms with E-state index in [0.717, 1.165) is 17.9 Å². The van der Waals surface area contributed by atoms with Gasteiger partial charge in [0, 0.05) is 12.6 Å². The highest BCUT2D eigenvalue weighted by Gasteiger charge is 2.08. The second-order valence-corrected chi connectivity index (χ2v) is 3.11. The monoisotopic (exact) mass is 186 g/mol. The van der Waals surface area contributed by atoms with Crippen molar-refractivity contribution in [2.45, 2.75) is 32.9 Å². The van der Waals surface area contributed by atoms with Crippen LogP contribution >= 0.6 is 0 Å². The number of hydrogen-bond acceptors (Lipinski definition) is 2. The lowest BCUT2D eigenvalue weighted by Crippen LogP contribution is -2.18. The van der Waals surface area contributed by atoms with Crippen molar-refractivity contribution in [3.63, 3.8) is 0 Å². The summed E-state index contributed by atoms with van der Waals surface area (Å²) in [5.74, 6) is 0.894. The Morgan fingerprint density at radius 1 is 1.69 bits per heavy atom. The van der Waals surface area contributed by atoms with E-state index in [2.05, 4.69) is 4.98 Å². The maximum atomic E-state index is 12.0. The summed E-state index contributed by atoms with van der Waals surface area (Å²) in [7, 11) is 0. The Kier molecular flexibility index (Phi) is 3.42. The average molecular weight is 186 g/mol. The molecule has 1 unspecified atom stereocenters. The van der Waals surface area contributed by atoms with Gasteiger partial charge in [-0.3, -0.25) is 0 Å². The molecular weight excluding hydrogens is 171 g/mol. The Balaban J connectivity index is 2.74. The van der Waals surface area contributed by atoms with Crippen LogP contribution in [0.5, 0.6) is 0 Å². The Bertz CT molecular complexity index is 273. The van der Waals surface area contributed by atoms with Crippen molar-refractivity contribution in [2.75, 3.05) is 6.67 Å². The summed E-state index contributed by atoms with van der Waals surface area (Å²) < 4.78 is 13.8. The maximum Gasteiger partial charge on any atom is 0.117 e. The lowest BCUT2D eigenvalue weighted by atomic mass is 10.3. The quantitative estimate of drug-likeness (QED) is 0.764. The third kappa shape index (κ3) is 2.52. The molecule has 0 saturated carbocycles. The van der Waals surface area contributed by atoms with Crippen molar-refractivity contribution in [3.05, 3.63) is 17.7 Å². The third-order valence-corrected chi connectivity index (χ3v) is 1.88. The van der Waals surface area contributed by atoms with Gasteiger partial charge in [0.1, 0.15) is 18.6 Å². The van der Waals surface area contributed by atoms with Gasteiger partial charge in [-0.25, -0.2) is 9.37 Å². The molecule has 0 amide bonds. The second-order valence-electron chi connectivity index (χ2n) is 3.11. The molecular formula is C9H15FN2O. The molecule has 1 aromatic rings. The van der Waals surface area contributed by atoms with Crippen molar-refractivity contribution in [2.24, 2.45) is 0 Å². The molecule has 0 aliphatic carbocycles. The largest absolute Gasteiger partial charge is 0.389 e. The van der Waals surface area contributed by atoms with Crippen LogP contribution in [-0.2, 0) is 13.0 Å². The zero-order chi connectivity index (χ0) is 9.84. The molecule has 1 N–H and O–H groups in total. The molecule has 13 heavy (non-hydrogen) atoms. The van der Waals surface area contributed by atoms with E-state index in [9.17, 15) is 4.39 Å². The number of nitrogens with zero attached hydrogens (tertiary/aromatic N) is 2. The average Bonchev–Trinajstić information content (AvgIpc) is 2.46. The van der Waals surface area contributed by atoms with Crippen LogP contribution in [0.4, 0.5) is 4.39 Å². The summed E-state index contributed by atoms with van der Waals surface area (Å²) in [6, 6.07) is 0. The summed E-state index contributed by atoms with van der Waals surface area (Å²) in [6.07, 6.45) is 1.71. The number of aryl methyl sites for hydroxylation is 2. The van der Waals surface area contributed by atoms with Crippen molar-refractivity contribution >= 4 is 0 Å². The number of aliphatic hydroxyl groups excluding tert-OH is 1. The Hall–Kier alpha value is -0.900. The molecule has 0 radical (unpaired) electrons. The zero-order valence-electron chi connectivity index (χ0n) is 8.00. The number of alkyl halides is 1. The molecule has 1 heterocycles. The minimum absolute atomic E-state index is 0.292. The van der Waals surface area contributed by atoms with E-state index in [1.54, 1.807) is 4.57 Å². The maximum absolute atomic E-state index is 12.0. The number of aromatic nitrogens is 2. The van der Waals surface area contributed by atoms with Crippen LogP contribution in [0.15, 0.2) is 6.20 Å². The summed E-state index contributed by atoms with van der Waals surface area (Å²) in [5.41, 5.74) is 0.905. The van der Waals surface area contributed by atoms with Crippen molar-refractivity contribution in [1.29, 1.82) is 0 Å². The smallest absolute Gasteiger partial charge is 0.117 e. The normalized spacial score (nSPS) is 13.2. The predicted molar refractivity (Wildman–Crippen MR) is 48.3 cm³/mol. The molecule has 0 aliphatic heterocycles. The number of hydrogen-bond donors (Lipinski definition) is 1. The Morgan fingerprint density at radius 3 is 2.92 bits per heavy atom. The number of halogens is 1. The fraction of sp³-hybridized carbons (Fsp3) is 0.667. The fourth-order valence-electron chi connectivity index (χ4n) is 1.31. The molecule has 0 fully saturated rings. The molecule has 0 aliphatic rings. The molecule has 74 valence electrons. The van der Waals surface area contributed by atoms with Gasteiger partial charge in [0.15, 0.2) is 0 Å². The van der Waals surface area contributed by atoms with E-state index >= 15 is 0 Å². The van der Waals surface area contributed by atoms with Crippen molar-refractivity contribution < 1.29 is 9.50 Å². The van der Waals surface area contributed by atoms with Crippen LogP contribution in [0.1, 0.15) is 18.4 Å². The van der Waals surface area contributed by atoms with E-state index in [1.807, 2.05) is 20.0 Å². The number of imidazole rings is 1. The van der Waals surface area contributed by atoms with Gasteiger partial charge in [0.25, 0.3) is 0 Å². The van der Waals surface area contributed by atoms with Gasteiger partial charge >= 0.3 is 0 Å². The molecule has 4 heteroatoms. The van der Waals surface area contributed by atoms with Gasteiger partial charge in [-0.1, -0.05) is 6.92 Å². The Morgan fingerprint density at radius 2 is 2.38 bits per heavy atom. The number of aliphatic hydroxyl groups is 1. The molecule has 1 atom stereocenters. The zero-order valence-corrected chi connectivity index (χ0v) is 8.00. The molecule has 0 spiro atoms. The van der Waals surface area contributed by atoms with E-state index in [0.29, 0.717) is 6.54 Å². The predicted octanol–water partition coefficient (Wildman–Crippen LogP) is 1.08. The van der Waals surface area contributed by atoms with Crippen LogP contribution in [0.3, 0.4) is 0 Å². The van der Waals surface area contributed by atoms with Crippen LogP contribution in [0.2, 0.25) is 0 Å². The molecule has 0 aromatic carbocycles. The van der Waals surface area contributed by atoms with Gasteiger partial charge in [0.2, 0.25) is 0 Å². The van der Waals surface area contributed by atoms with E-state index in [4.69, 9.17) is 5.11 Å². The lowest BCUT2D eigenvalue weighted by molar-refractivity contribution is 0.121. The molecule has 3 nitrogen and oxygen atoms in total. The van der Waals surface area contributed by atoms with Crippen LogP contribution in [0.25, 0.3) is 0 Å². The fourth-order valence-corrected chi connectivity index (χ4v) is 1.31. The van der Waals surface area contributed by atoms with Crippen molar-refractivity contribution in [3.8, 4) is 0 Å². The Labute approximate surface area is 77.2 Å². The highest BCUT2D eigenvalue weighted by Crippen LogP contribution is 2.04. The number of rotatable bonds is 4. The molecule has 1 aromatic heterocycles. The van der Waals surface area contributed by atoms with Gasteiger partial charge in [0.05, 0.1) is 12.2 Å². The summed E-state index contributed by atoms with van der Waals surface area (Å²) in [5, 5.41) is 9.12. The molecule has 0 saturated heterocycles. The minimum atomic E-state index is -0.918. The van der Waals surface area contributed by atoms with E-state index in [-0.39, 0.29) is 0 Å². The van der Waals surface area contributed by atoms with Crippen LogP contribution in [0, 0.1) is 6.92 Å². The van der Waals surface area contributed by atoms with E-state index < -0.39 is 12.8 Å². The SMILES string of the molecule is CCc1nc(C)cn1CC(O)CF. The van der Waals surface area contributed by atoms with E-state index in [1.165, 1.54) is 0 Å². The first-order chi connectivity index (χ1) is 6.17. The van der Waals surface area contributed by atoms with Crippen LogP contribution in [-0.4, -0.2) is 27.4 Å². The second kappa shape index (κ2) is 4.37. The third-order valence-electron chi connectivity index (χ3n) is 1.88. The van der Waals surface area contributed by atoms with Gasteiger partial charge in [-0.15, -0.1) is 0 Å². The first kappa shape index (κ1) is 10.2.